The zero-order valence-corrected chi connectivity index (χ0v) is 9.81. The number of ketones is 1. The fourth-order valence-electron chi connectivity index (χ4n) is 1.58. The highest BCUT2D eigenvalue weighted by Gasteiger charge is 2.33. The van der Waals surface area contributed by atoms with Crippen molar-refractivity contribution in [2.45, 2.75) is 6.36 Å². The van der Waals surface area contributed by atoms with Gasteiger partial charge in [0.25, 0.3) is 0 Å². The van der Waals surface area contributed by atoms with Crippen LogP contribution in [0.25, 0.3) is 0 Å². The fourth-order valence-corrected chi connectivity index (χ4v) is 1.58. The highest BCUT2D eigenvalue weighted by Crippen LogP contribution is 2.27. The molecule has 0 spiro atoms. The van der Waals surface area contributed by atoms with Gasteiger partial charge in [0, 0.05) is 7.05 Å². The summed E-state index contributed by atoms with van der Waals surface area (Å²) in [6.07, 6.45) is -2.17. The Morgan fingerprint density at radius 2 is 2.00 bits per heavy atom. The zero-order valence-electron chi connectivity index (χ0n) is 9.81. The lowest BCUT2D eigenvalue weighted by molar-refractivity contribution is -0.274. The monoisotopic (exact) mass is 270 g/mol. The van der Waals surface area contributed by atoms with Crippen molar-refractivity contribution in [2.24, 2.45) is 7.05 Å². The number of benzene rings is 1. The van der Waals surface area contributed by atoms with Gasteiger partial charge in [-0.1, -0.05) is 12.1 Å². The van der Waals surface area contributed by atoms with Gasteiger partial charge in [-0.2, -0.15) is 0 Å². The average Bonchev–Trinajstić information content (AvgIpc) is 2.73. The first-order valence-corrected chi connectivity index (χ1v) is 5.24. The second-order valence-electron chi connectivity index (χ2n) is 3.76. The van der Waals surface area contributed by atoms with Gasteiger partial charge in [-0.3, -0.25) is 4.79 Å². The number of para-hydroxylation sites is 1. The molecule has 0 atom stereocenters. The van der Waals surface area contributed by atoms with E-state index in [2.05, 4.69) is 9.72 Å². The van der Waals surface area contributed by atoms with E-state index < -0.39 is 17.9 Å². The average molecular weight is 270 g/mol. The van der Waals surface area contributed by atoms with Gasteiger partial charge in [-0.25, -0.2) is 4.98 Å². The lowest BCUT2D eigenvalue weighted by atomic mass is 10.1. The molecule has 1 heterocycles. The number of imidazole rings is 1. The van der Waals surface area contributed by atoms with E-state index in [-0.39, 0.29) is 11.3 Å². The number of carbonyl (C=O) groups is 1. The molecule has 0 saturated carbocycles. The summed E-state index contributed by atoms with van der Waals surface area (Å²) in [5.74, 6) is -1.11. The number of hydrogen-bond acceptors (Lipinski definition) is 3. The molecule has 4 nitrogen and oxygen atoms in total. The summed E-state index contributed by atoms with van der Waals surface area (Å²) < 4.78 is 42.0. The first-order chi connectivity index (χ1) is 8.88. The van der Waals surface area contributed by atoms with Crippen molar-refractivity contribution < 1.29 is 22.7 Å². The summed E-state index contributed by atoms with van der Waals surface area (Å²) in [5, 5.41) is 0. The summed E-state index contributed by atoms with van der Waals surface area (Å²) in [6, 6.07) is 5.20. The van der Waals surface area contributed by atoms with Crippen LogP contribution in [0.1, 0.15) is 16.1 Å². The fraction of sp³-hybridized carbons (Fsp3) is 0.167. The Hall–Kier alpha value is -2.31. The van der Waals surface area contributed by atoms with Crippen LogP contribution in [-0.2, 0) is 7.05 Å². The molecule has 0 aliphatic carbocycles. The molecule has 0 amide bonds. The van der Waals surface area contributed by atoms with Gasteiger partial charge in [0.15, 0.2) is 0 Å². The van der Waals surface area contributed by atoms with Gasteiger partial charge in [0.2, 0.25) is 5.78 Å². The summed E-state index contributed by atoms with van der Waals surface area (Å²) in [7, 11) is 1.58. The van der Waals surface area contributed by atoms with Crippen LogP contribution < -0.4 is 4.74 Å². The molecule has 0 fully saturated rings. The smallest absolute Gasteiger partial charge is 0.405 e. The maximum atomic E-state index is 12.3. The number of rotatable bonds is 3. The minimum absolute atomic E-state index is 0.163. The Balaban J connectivity index is 2.40. The first kappa shape index (κ1) is 13.1. The van der Waals surface area contributed by atoms with Crippen LogP contribution in [0.15, 0.2) is 36.8 Å². The number of ether oxygens (including phenoxy) is 1. The van der Waals surface area contributed by atoms with Crippen LogP contribution in [0.3, 0.4) is 0 Å². The van der Waals surface area contributed by atoms with Crippen LogP contribution in [0.2, 0.25) is 0 Å². The van der Waals surface area contributed by atoms with Crippen molar-refractivity contribution in [3.63, 3.8) is 0 Å². The topological polar surface area (TPSA) is 44.1 Å². The van der Waals surface area contributed by atoms with E-state index in [0.717, 1.165) is 6.07 Å². The normalized spacial score (nSPS) is 11.4. The number of carbonyl (C=O) groups excluding carboxylic acids is 1. The van der Waals surface area contributed by atoms with Crippen LogP contribution in [0.5, 0.6) is 5.75 Å². The van der Waals surface area contributed by atoms with E-state index in [1.54, 1.807) is 7.05 Å². The number of aromatic nitrogens is 2. The zero-order chi connectivity index (χ0) is 14.0. The highest BCUT2D eigenvalue weighted by molar-refractivity contribution is 6.09. The third-order valence-electron chi connectivity index (χ3n) is 2.41. The molecule has 19 heavy (non-hydrogen) atoms. The van der Waals surface area contributed by atoms with E-state index in [4.69, 9.17) is 0 Å². The molecule has 0 saturated heterocycles. The summed E-state index contributed by atoms with van der Waals surface area (Å²) in [6.45, 7) is 0. The Morgan fingerprint density at radius 3 is 2.58 bits per heavy atom. The summed E-state index contributed by atoms with van der Waals surface area (Å²) in [5.41, 5.74) is 0.0154. The molecule has 2 aromatic rings. The third-order valence-corrected chi connectivity index (χ3v) is 2.41. The quantitative estimate of drug-likeness (QED) is 0.805. The Bertz CT molecular complexity index is 605. The van der Waals surface area contributed by atoms with Gasteiger partial charge < -0.3 is 9.30 Å². The van der Waals surface area contributed by atoms with E-state index in [1.807, 2.05) is 0 Å². The Kier molecular flexibility index (Phi) is 3.28. The molecular weight excluding hydrogens is 261 g/mol. The predicted octanol–water partition coefficient (Wildman–Crippen LogP) is 2.55. The van der Waals surface area contributed by atoms with E-state index in [9.17, 15) is 18.0 Å². The maximum Gasteiger partial charge on any atom is 0.573 e. The molecule has 1 aromatic carbocycles. The van der Waals surface area contributed by atoms with Gasteiger partial charge in [0.05, 0.1) is 18.1 Å². The van der Waals surface area contributed by atoms with Crippen molar-refractivity contribution in [1.29, 1.82) is 0 Å². The van der Waals surface area contributed by atoms with Crippen LogP contribution in [0.4, 0.5) is 13.2 Å². The first-order valence-electron chi connectivity index (χ1n) is 5.24. The number of nitrogens with zero attached hydrogens (tertiary/aromatic N) is 2. The lowest BCUT2D eigenvalue weighted by Crippen LogP contribution is -2.19. The lowest BCUT2D eigenvalue weighted by Gasteiger charge is -2.12. The molecular formula is C12H9F3N2O2. The predicted molar refractivity (Wildman–Crippen MR) is 59.8 cm³/mol. The molecule has 2 rings (SSSR count). The van der Waals surface area contributed by atoms with Crippen LogP contribution in [0, 0.1) is 0 Å². The molecule has 0 N–H and O–H groups in total. The molecule has 0 radical (unpaired) electrons. The molecule has 1 aromatic heterocycles. The molecule has 0 bridgehead atoms. The second-order valence-corrected chi connectivity index (χ2v) is 3.76. The molecule has 7 heteroatoms. The minimum atomic E-state index is -4.84. The van der Waals surface area contributed by atoms with Crippen LogP contribution in [-0.4, -0.2) is 21.7 Å². The standard InChI is InChI=1S/C12H9F3N2O2/c1-17-7-16-6-9(17)11(18)8-4-2-3-5-10(8)19-12(13,14)15/h2-7H,1H3. The van der Waals surface area contributed by atoms with Gasteiger partial charge >= 0.3 is 6.36 Å². The number of alkyl halides is 3. The SMILES string of the molecule is Cn1cncc1C(=O)c1ccccc1OC(F)(F)F. The molecule has 0 aliphatic rings. The van der Waals surface area contributed by atoms with Crippen molar-refractivity contribution in [3.8, 4) is 5.75 Å². The second kappa shape index (κ2) is 4.75. The summed E-state index contributed by atoms with van der Waals surface area (Å²) >= 11 is 0. The minimum Gasteiger partial charge on any atom is -0.405 e. The Morgan fingerprint density at radius 1 is 1.32 bits per heavy atom. The van der Waals surface area contributed by atoms with Crippen LogP contribution >= 0.6 is 0 Å². The number of halogens is 3. The van der Waals surface area contributed by atoms with E-state index in [0.29, 0.717) is 0 Å². The third kappa shape index (κ3) is 2.93. The number of hydrogen-bond donors (Lipinski definition) is 0. The van der Waals surface area contributed by atoms with Gasteiger partial charge in [0.1, 0.15) is 11.4 Å². The number of aryl methyl sites for hydroxylation is 1. The van der Waals surface area contributed by atoms with Gasteiger partial charge in [-0.15, -0.1) is 13.2 Å². The van der Waals surface area contributed by atoms with Crippen molar-refractivity contribution in [2.75, 3.05) is 0 Å². The summed E-state index contributed by atoms with van der Waals surface area (Å²) in [4.78, 5) is 15.9. The maximum absolute atomic E-state index is 12.3. The molecule has 0 aliphatic heterocycles. The van der Waals surface area contributed by atoms with E-state index in [1.165, 1.54) is 35.3 Å². The van der Waals surface area contributed by atoms with E-state index >= 15 is 0 Å². The molecule has 0 unspecified atom stereocenters. The Labute approximate surface area is 106 Å². The van der Waals surface area contributed by atoms with Crippen molar-refractivity contribution in [3.05, 3.63) is 48.0 Å². The van der Waals surface area contributed by atoms with Crippen molar-refractivity contribution >= 4 is 5.78 Å². The van der Waals surface area contributed by atoms with Crippen molar-refractivity contribution in [1.82, 2.24) is 9.55 Å². The largest absolute Gasteiger partial charge is 0.573 e. The highest BCUT2D eigenvalue weighted by atomic mass is 19.4. The molecule has 100 valence electrons. The van der Waals surface area contributed by atoms with Gasteiger partial charge in [-0.05, 0) is 12.1 Å².